The Morgan fingerprint density at radius 2 is 1.89 bits per heavy atom. The van der Waals surface area contributed by atoms with Gasteiger partial charge in [-0.15, -0.1) is 0 Å². The van der Waals surface area contributed by atoms with Crippen LogP contribution < -0.4 is 5.32 Å². The van der Waals surface area contributed by atoms with E-state index in [1.54, 1.807) is 0 Å². The smallest absolute Gasteiger partial charge is 0.0205 e. The van der Waals surface area contributed by atoms with Crippen LogP contribution >= 0.6 is 11.8 Å². The van der Waals surface area contributed by atoms with Gasteiger partial charge in [0.2, 0.25) is 0 Å². The second kappa shape index (κ2) is 7.85. The summed E-state index contributed by atoms with van der Waals surface area (Å²) in [6, 6.07) is 9.20. The highest BCUT2D eigenvalue weighted by Crippen LogP contribution is 2.39. The van der Waals surface area contributed by atoms with Crippen LogP contribution in [-0.2, 0) is 6.54 Å². The Morgan fingerprint density at radius 1 is 1.11 bits per heavy atom. The fraction of sp³-hybridized carbons (Fsp3) is 0.625. The molecule has 0 saturated heterocycles. The third kappa shape index (κ3) is 5.03. The van der Waals surface area contributed by atoms with Crippen molar-refractivity contribution in [2.24, 2.45) is 0 Å². The van der Waals surface area contributed by atoms with Crippen molar-refractivity contribution >= 4 is 11.8 Å². The molecular weight excluding hydrogens is 238 g/mol. The van der Waals surface area contributed by atoms with Gasteiger partial charge in [-0.2, -0.15) is 11.8 Å². The molecule has 0 heterocycles. The van der Waals surface area contributed by atoms with Gasteiger partial charge in [0.25, 0.3) is 0 Å². The first kappa shape index (κ1) is 14.0. The standard InChI is InChI=1S/C16H25NS/c1-18-12-4-2-3-11-17-13-14-5-7-15(8-6-14)16-9-10-16/h5-8,16-17H,2-4,9-13H2,1H3. The van der Waals surface area contributed by atoms with E-state index in [1.807, 2.05) is 11.8 Å². The Labute approximate surface area is 116 Å². The predicted molar refractivity (Wildman–Crippen MR) is 82.4 cm³/mol. The van der Waals surface area contributed by atoms with E-state index in [-0.39, 0.29) is 0 Å². The zero-order chi connectivity index (χ0) is 12.6. The number of benzene rings is 1. The SMILES string of the molecule is CSCCCCCNCc1ccc(C2CC2)cc1. The molecule has 1 N–H and O–H groups in total. The van der Waals surface area contributed by atoms with Gasteiger partial charge in [-0.1, -0.05) is 30.7 Å². The van der Waals surface area contributed by atoms with Gasteiger partial charge >= 0.3 is 0 Å². The summed E-state index contributed by atoms with van der Waals surface area (Å²) in [6.45, 7) is 2.17. The van der Waals surface area contributed by atoms with Crippen molar-refractivity contribution in [3.63, 3.8) is 0 Å². The summed E-state index contributed by atoms with van der Waals surface area (Å²) in [4.78, 5) is 0. The summed E-state index contributed by atoms with van der Waals surface area (Å²) in [7, 11) is 0. The van der Waals surface area contributed by atoms with Crippen molar-refractivity contribution in [1.82, 2.24) is 5.32 Å². The summed E-state index contributed by atoms with van der Waals surface area (Å²) >= 11 is 1.95. The molecule has 1 aromatic carbocycles. The first-order valence-corrected chi connectivity index (χ1v) is 8.58. The monoisotopic (exact) mass is 263 g/mol. The lowest BCUT2D eigenvalue weighted by molar-refractivity contribution is 0.618. The van der Waals surface area contributed by atoms with Gasteiger partial charge in [-0.3, -0.25) is 0 Å². The van der Waals surface area contributed by atoms with Crippen molar-refractivity contribution < 1.29 is 0 Å². The molecule has 1 fully saturated rings. The highest BCUT2D eigenvalue weighted by molar-refractivity contribution is 7.98. The van der Waals surface area contributed by atoms with Crippen LogP contribution in [0.3, 0.4) is 0 Å². The van der Waals surface area contributed by atoms with E-state index < -0.39 is 0 Å². The lowest BCUT2D eigenvalue weighted by Gasteiger charge is -2.06. The van der Waals surface area contributed by atoms with E-state index in [9.17, 15) is 0 Å². The lowest BCUT2D eigenvalue weighted by Crippen LogP contribution is -2.14. The highest BCUT2D eigenvalue weighted by atomic mass is 32.2. The van der Waals surface area contributed by atoms with Gasteiger partial charge in [0.05, 0.1) is 0 Å². The van der Waals surface area contributed by atoms with E-state index >= 15 is 0 Å². The van der Waals surface area contributed by atoms with Crippen LogP contribution in [0.25, 0.3) is 0 Å². The van der Waals surface area contributed by atoms with Crippen LogP contribution in [0.5, 0.6) is 0 Å². The van der Waals surface area contributed by atoms with Crippen molar-refractivity contribution in [2.45, 2.75) is 44.6 Å². The fourth-order valence-corrected chi connectivity index (χ4v) is 2.72. The van der Waals surface area contributed by atoms with Crippen molar-refractivity contribution in [3.05, 3.63) is 35.4 Å². The topological polar surface area (TPSA) is 12.0 Å². The molecular formula is C16H25NS. The Hall–Kier alpha value is -0.470. The van der Waals surface area contributed by atoms with Crippen LogP contribution in [0, 0.1) is 0 Å². The van der Waals surface area contributed by atoms with Crippen LogP contribution in [0.15, 0.2) is 24.3 Å². The average molecular weight is 263 g/mol. The maximum absolute atomic E-state index is 3.54. The molecule has 0 spiro atoms. The van der Waals surface area contributed by atoms with Gasteiger partial charge in [0, 0.05) is 6.54 Å². The highest BCUT2D eigenvalue weighted by Gasteiger charge is 2.22. The summed E-state index contributed by atoms with van der Waals surface area (Å²) in [5.74, 6) is 2.19. The molecule has 1 saturated carbocycles. The number of hydrogen-bond donors (Lipinski definition) is 1. The van der Waals surface area contributed by atoms with Crippen molar-refractivity contribution in [1.29, 1.82) is 0 Å². The zero-order valence-electron chi connectivity index (χ0n) is 11.5. The Balaban J connectivity index is 1.55. The molecule has 1 aromatic rings. The number of nitrogens with one attached hydrogen (secondary N) is 1. The molecule has 1 aliphatic carbocycles. The maximum Gasteiger partial charge on any atom is 0.0205 e. The molecule has 0 aromatic heterocycles. The van der Waals surface area contributed by atoms with Gasteiger partial charge < -0.3 is 5.32 Å². The molecule has 0 unspecified atom stereocenters. The second-order valence-electron chi connectivity index (χ2n) is 5.25. The molecule has 2 rings (SSSR count). The number of unbranched alkanes of at least 4 members (excludes halogenated alkanes) is 2. The van der Waals surface area contributed by atoms with E-state index in [4.69, 9.17) is 0 Å². The first-order valence-electron chi connectivity index (χ1n) is 7.18. The Kier molecular flexibility index (Phi) is 6.09. The van der Waals surface area contributed by atoms with Crippen LogP contribution in [0.1, 0.15) is 49.1 Å². The van der Waals surface area contributed by atoms with Gasteiger partial charge in [-0.05, 0) is 61.3 Å². The predicted octanol–water partition coefficient (Wildman–Crippen LogP) is 4.19. The first-order chi connectivity index (χ1) is 8.90. The molecule has 0 amide bonds. The molecule has 18 heavy (non-hydrogen) atoms. The van der Waals surface area contributed by atoms with Crippen LogP contribution in [0.4, 0.5) is 0 Å². The quantitative estimate of drug-likeness (QED) is 0.671. The Morgan fingerprint density at radius 3 is 2.56 bits per heavy atom. The molecule has 100 valence electrons. The second-order valence-corrected chi connectivity index (χ2v) is 6.23. The number of rotatable bonds is 9. The summed E-state index contributed by atoms with van der Waals surface area (Å²) in [5, 5.41) is 3.54. The molecule has 0 atom stereocenters. The van der Waals surface area contributed by atoms with Crippen molar-refractivity contribution in [3.8, 4) is 0 Å². The fourth-order valence-electron chi connectivity index (χ4n) is 2.23. The summed E-state index contributed by atoms with van der Waals surface area (Å²) in [6.07, 6.45) is 9.00. The van der Waals surface area contributed by atoms with Gasteiger partial charge in [0.15, 0.2) is 0 Å². The Bertz CT molecular complexity index is 329. The normalized spacial score (nSPS) is 14.9. The largest absolute Gasteiger partial charge is 0.313 e. The van der Waals surface area contributed by atoms with Gasteiger partial charge in [0.1, 0.15) is 0 Å². The molecule has 0 bridgehead atoms. The third-order valence-electron chi connectivity index (χ3n) is 3.56. The molecule has 2 heteroatoms. The van der Waals surface area contributed by atoms with Crippen LogP contribution in [0.2, 0.25) is 0 Å². The van der Waals surface area contributed by atoms with E-state index in [1.165, 1.54) is 49.0 Å². The zero-order valence-corrected chi connectivity index (χ0v) is 12.3. The average Bonchev–Trinajstić information content (AvgIpc) is 3.23. The molecule has 0 radical (unpaired) electrons. The minimum Gasteiger partial charge on any atom is -0.313 e. The minimum absolute atomic E-state index is 0.878. The van der Waals surface area contributed by atoms with E-state index in [0.717, 1.165) is 19.0 Å². The van der Waals surface area contributed by atoms with E-state index in [0.29, 0.717) is 0 Å². The minimum atomic E-state index is 0.878. The molecule has 1 aliphatic rings. The maximum atomic E-state index is 3.54. The summed E-state index contributed by atoms with van der Waals surface area (Å²) < 4.78 is 0. The molecule has 0 aliphatic heterocycles. The van der Waals surface area contributed by atoms with E-state index in [2.05, 4.69) is 35.8 Å². The number of hydrogen-bond acceptors (Lipinski definition) is 2. The lowest BCUT2D eigenvalue weighted by atomic mass is 10.1. The van der Waals surface area contributed by atoms with Crippen LogP contribution in [-0.4, -0.2) is 18.6 Å². The molecule has 1 nitrogen and oxygen atoms in total. The third-order valence-corrected chi connectivity index (χ3v) is 4.26. The van der Waals surface area contributed by atoms with Crippen molar-refractivity contribution in [2.75, 3.05) is 18.6 Å². The number of thioether (sulfide) groups is 1. The van der Waals surface area contributed by atoms with Gasteiger partial charge in [-0.25, -0.2) is 0 Å². The summed E-state index contributed by atoms with van der Waals surface area (Å²) in [5.41, 5.74) is 2.96.